The van der Waals surface area contributed by atoms with Gasteiger partial charge in [-0.2, -0.15) is 0 Å². The number of aliphatic hydroxyl groups is 1. The molecule has 0 spiro atoms. The van der Waals surface area contributed by atoms with Crippen molar-refractivity contribution >= 4 is 6.08 Å². The van der Waals surface area contributed by atoms with Crippen molar-refractivity contribution in [1.29, 1.82) is 0 Å². The van der Waals surface area contributed by atoms with E-state index in [9.17, 15) is 10.2 Å². The topological polar surface area (TPSA) is 49.7 Å². The fraction of sp³-hybridized carbons (Fsp3) is 0.667. The van der Waals surface area contributed by atoms with Crippen LogP contribution < -0.4 is 4.74 Å². The van der Waals surface area contributed by atoms with Crippen molar-refractivity contribution < 1.29 is 14.9 Å². The molecule has 3 unspecified atom stereocenters. The standard InChI is InChI=1S/C20H40O.C10H12O2/c1-7-20(6,21)16-10-15-19(5)14-9-13-18(4)12-8-11-17(2)3;1-3-4-8-5-6-9(11)10(7-8)12-2/h7,17-19,21H,1,8-16H2,2-6H3;3-7,11H,1-2H3/b;4-3+. The fourth-order valence-corrected chi connectivity index (χ4v) is 3.88. The molecular weight excluding hydrogens is 408 g/mol. The highest BCUT2D eigenvalue weighted by atomic mass is 16.5. The molecule has 0 aliphatic heterocycles. The van der Waals surface area contributed by atoms with Crippen LogP contribution in [0.2, 0.25) is 0 Å². The van der Waals surface area contributed by atoms with Crippen LogP contribution in [0.3, 0.4) is 0 Å². The third kappa shape index (κ3) is 16.5. The Kier molecular flexibility index (Phi) is 16.8. The first-order valence-corrected chi connectivity index (χ1v) is 12.9. The van der Waals surface area contributed by atoms with E-state index in [-0.39, 0.29) is 5.75 Å². The summed E-state index contributed by atoms with van der Waals surface area (Å²) < 4.78 is 4.95. The van der Waals surface area contributed by atoms with Crippen molar-refractivity contribution in [2.45, 2.75) is 105 Å². The van der Waals surface area contributed by atoms with Gasteiger partial charge in [-0.3, -0.25) is 0 Å². The number of aromatic hydroxyl groups is 1. The smallest absolute Gasteiger partial charge is 0.161 e. The highest BCUT2D eigenvalue weighted by Gasteiger charge is 2.15. The Morgan fingerprint density at radius 3 is 2.00 bits per heavy atom. The number of benzene rings is 1. The average molecular weight is 461 g/mol. The average Bonchev–Trinajstić information content (AvgIpc) is 2.75. The molecule has 0 radical (unpaired) electrons. The van der Waals surface area contributed by atoms with Crippen molar-refractivity contribution in [3.63, 3.8) is 0 Å². The first-order chi connectivity index (χ1) is 15.5. The van der Waals surface area contributed by atoms with Gasteiger partial charge in [-0.25, -0.2) is 0 Å². The predicted molar refractivity (Wildman–Crippen MR) is 145 cm³/mol. The third-order valence-electron chi connectivity index (χ3n) is 6.25. The van der Waals surface area contributed by atoms with Gasteiger partial charge in [-0.05, 0) is 55.7 Å². The van der Waals surface area contributed by atoms with E-state index in [1.165, 1.54) is 52.1 Å². The second kappa shape index (κ2) is 17.7. The van der Waals surface area contributed by atoms with Gasteiger partial charge in [0.25, 0.3) is 0 Å². The number of hydrogen-bond donors (Lipinski definition) is 2. The summed E-state index contributed by atoms with van der Waals surface area (Å²) in [6.45, 7) is 16.9. The molecule has 0 amide bonds. The van der Waals surface area contributed by atoms with Crippen LogP contribution in [0.15, 0.2) is 36.9 Å². The molecule has 0 saturated carbocycles. The van der Waals surface area contributed by atoms with E-state index in [0.717, 1.165) is 36.2 Å². The summed E-state index contributed by atoms with van der Waals surface area (Å²) in [7, 11) is 1.54. The van der Waals surface area contributed by atoms with Gasteiger partial charge in [0.05, 0.1) is 12.7 Å². The number of rotatable bonds is 15. The summed E-state index contributed by atoms with van der Waals surface area (Å²) in [5.74, 6) is 3.20. The molecule has 1 rings (SSSR count). The lowest BCUT2D eigenvalue weighted by atomic mass is 9.90. The highest BCUT2D eigenvalue weighted by molar-refractivity contribution is 5.55. The molecule has 0 fully saturated rings. The van der Waals surface area contributed by atoms with Crippen molar-refractivity contribution in [3.8, 4) is 11.5 Å². The zero-order chi connectivity index (χ0) is 25.3. The number of phenols is 1. The van der Waals surface area contributed by atoms with Gasteiger partial charge in [0.15, 0.2) is 11.5 Å². The Morgan fingerprint density at radius 2 is 1.52 bits per heavy atom. The minimum absolute atomic E-state index is 0.172. The summed E-state index contributed by atoms with van der Waals surface area (Å²) >= 11 is 0. The van der Waals surface area contributed by atoms with E-state index in [4.69, 9.17) is 4.74 Å². The Bertz CT molecular complexity index is 661. The number of hydrogen-bond acceptors (Lipinski definition) is 3. The second-order valence-corrected chi connectivity index (χ2v) is 10.4. The van der Waals surface area contributed by atoms with Gasteiger partial charge in [-0.1, -0.05) is 103 Å². The van der Waals surface area contributed by atoms with E-state index >= 15 is 0 Å². The molecule has 1 aromatic carbocycles. The quantitative estimate of drug-likeness (QED) is 0.257. The lowest BCUT2D eigenvalue weighted by molar-refractivity contribution is 0.0974. The van der Waals surface area contributed by atoms with E-state index < -0.39 is 5.60 Å². The third-order valence-corrected chi connectivity index (χ3v) is 6.25. The van der Waals surface area contributed by atoms with Gasteiger partial charge >= 0.3 is 0 Å². The maximum Gasteiger partial charge on any atom is 0.161 e. The van der Waals surface area contributed by atoms with E-state index in [0.29, 0.717) is 5.75 Å². The predicted octanol–water partition coefficient (Wildman–Crippen LogP) is 8.80. The lowest BCUT2D eigenvalue weighted by Crippen LogP contribution is -2.20. The second-order valence-electron chi connectivity index (χ2n) is 10.4. The van der Waals surface area contributed by atoms with Gasteiger partial charge in [-0.15, -0.1) is 6.58 Å². The molecule has 0 aliphatic carbocycles. The van der Waals surface area contributed by atoms with Crippen LogP contribution in [0.1, 0.15) is 105 Å². The van der Waals surface area contributed by atoms with Crippen LogP contribution in [0.25, 0.3) is 6.08 Å². The molecule has 33 heavy (non-hydrogen) atoms. The molecule has 1 aromatic rings. The fourth-order valence-electron chi connectivity index (χ4n) is 3.88. The molecule has 2 N–H and O–H groups in total. The monoisotopic (exact) mass is 460 g/mol. The van der Waals surface area contributed by atoms with E-state index in [1.54, 1.807) is 18.2 Å². The largest absolute Gasteiger partial charge is 0.504 e. The molecule has 3 heteroatoms. The van der Waals surface area contributed by atoms with Crippen LogP contribution in [0.4, 0.5) is 0 Å². The van der Waals surface area contributed by atoms with Crippen LogP contribution in [0.5, 0.6) is 11.5 Å². The molecule has 0 aliphatic rings. The van der Waals surface area contributed by atoms with Gasteiger partial charge < -0.3 is 14.9 Å². The minimum Gasteiger partial charge on any atom is -0.504 e. The van der Waals surface area contributed by atoms with Crippen LogP contribution in [-0.2, 0) is 0 Å². The molecule has 0 aromatic heterocycles. The Labute approximate surface area is 205 Å². The Morgan fingerprint density at radius 1 is 0.970 bits per heavy atom. The first-order valence-electron chi connectivity index (χ1n) is 12.9. The molecule has 0 saturated heterocycles. The van der Waals surface area contributed by atoms with Gasteiger partial charge in [0, 0.05) is 0 Å². The number of ether oxygens (including phenoxy) is 1. The number of methoxy groups -OCH3 is 1. The minimum atomic E-state index is -0.676. The summed E-state index contributed by atoms with van der Waals surface area (Å²) in [5, 5.41) is 19.1. The summed E-state index contributed by atoms with van der Waals surface area (Å²) in [5.41, 5.74) is 0.345. The molecule has 3 atom stereocenters. The van der Waals surface area contributed by atoms with Crippen LogP contribution in [0, 0.1) is 17.8 Å². The SMILES string of the molecule is C/C=C/c1ccc(O)c(OC)c1.C=CC(C)(O)CCCC(C)CCCC(C)CCCC(C)C. The first kappa shape index (κ1) is 31.3. The maximum absolute atomic E-state index is 9.89. The molecular formula is C30H52O3. The normalized spacial score (nSPS) is 14.9. The van der Waals surface area contributed by atoms with Crippen LogP contribution >= 0.6 is 0 Å². The van der Waals surface area contributed by atoms with Crippen molar-refractivity contribution in [1.82, 2.24) is 0 Å². The zero-order valence-corrected chi connectivity index (χ0v) is 22.6. The molecule has 0 heterocycles. The van der Waals surface area contributed by atoms with Crippen LogP contribution in [-0.4, -0.2) is 22.9 Å². The van der Waals surface area contributed by atoms with Gasteiger partial charge in [0.2, 0.25) is 0 Å². The molecule has 3 nitrogen and oxygen atoms in total. The number of allylic oxidation sites excluding steroid dienone is 1. The van der Waals surface area contributed by atoms with Gasteiger partial charge in [0.1, 0.15) is 0 Å². The summed E-state index contributed by atoms with van der Waals surface area (Å²) in [6, 6.07) is 5.24. The number of phenolic OH excluding ortho intramolecular Hbond substituents is 1. The van der Waals surface area contributed by atoms with E-state index in [2.05, 4.69) is 34.3 Å². The zero-order valence-electron chi connectivity index (χ0n) is 22.6. The Balaban J connectivity index is 0.000000716. The van der Waals surface area contributed by atoms with E-state index in [1.807, 2.05) is 32.1 Å². The Hall–Kier alpha value is -1.74. The van der Waals surface area contributed by atoms with Crippen molar-refractivity contribution in [3.05, 3.63) is 42.5 Å². The summed E-state index contributed by atoms with van der Waals surface area (Å²) in [6.07, 6.45) is 17.0. The maximum atomic E-state index is 9.89. The van der Waals surface area contributed by atoms with Crippen molar-refractivity contribution in [2.75, 3.05) is 7.11 Å². The summed E-state index contributed by atoms with van der Waals surface area (Å²) in [4.78, 5) is 0. The lowest BCUT2D eigenvalue weighted by Gasteiger charge is -2.20. The highest BCUT2D eigenvalue weighted by Crippen LogP contribution is 2.26. The molecule has 190 valence electrons. The molecule has 0 bridgehead atoms. The van der Waals surface area contributed by atoms with Crippen molar-refractivity contribution in [2.24, 2.45) is 17.8 Å².